The van der Waals surface area contributed by atoms with E-state index in [9.17, 15) is 18.3 Å². The first-order valence-corrected chi connectivity index (χ1v) is 9.55. The van der Waals surface area contributed by atoms with Gasteiger partial charge in [0.05, 0.1) is 4.90 Å². The molecule has 3 rings (SSSR count). The van der Waals surface area contributed by atoms with Crippen molar-refractivity contribution in [1.82, 2.24) is 4.98 Å². The summed E-state index contributed by atoms with van der Waals surface area (Å²) < 4.78 is 22.8. The van der Waals surface area contributed by atoms with Gasteiger partial charge in [0.25, 0.3) is 0 Å². The number of aromatic carboxylic acids is 1. The standard InChI is InChI=1S/C17H14N2O4S2/c1-10-14(11-2-4-13(5-3-11)25(18,22)23)16(17(20)21)24-15(10)12-6-8-19-9-7-12/h2-9H,1H3,(H,20,21)(H2,18,22,23). The second-order valence-electron chi connectivity index (χ2n) is 5.37. The van der Waals surface area contributed by atoms with Crippen molar-refractivity contribution < 1.29 is 18.3 Å². The number of hydrogen-bond acceptors (Lipinski definition) is 5. The van der Waals surface area contributed by atoms with Crippen molar-refractivity contribution in [3.8, 4) is 21.6 Å². The van der Waals surface area contributed by atoms with Crippen molar-refractivity contribution in [2.45, 2.75) is 11.8 Å². The van der Waals surface area contributed by atoms with Gasteiger partial charge in [0.15, 0.2) is 0 Å². The Hall–Kier alpha value is -2.55. The summed E-state index contributed by atoms with van der Waals surface area (Å²) in [5.41, 5.74) is 2.90. The molecule has 0 aliphatic carbocycles. The topological polar surface area (TPSA) is 110 Å². The summed E-state index contributed by atoms with van der Waals surface area (Å²) in [6.07, 6.45) is 3.30. The summed E-state index contributed by atoms with van der Waals surface area (Å²) in [6, 6.07) is 9.52. The lowest BCUT2D eigenvalue weighted by Crippen LogP contribution is -2.11. The van der Waals surface area contributed by atoms with Crippen LogP contribution in [0.1, 0.15) is 15.2 Å². The average molecular weight is 374 g/mol. The summed E-state index contributed by atoms with van der Waals surface area (Å²) in [4.78, 5) is 16.7. The van der Waals surface area contributed by atoms with Gasteiger partial charge in [-0.25, -0.2) is 18.4 Å². The van der Waals surface area contributed by atoms with Gasteiger partial charge in [0, 0.05) is 22.8 Å². The molecule has 0 spiro atoms. The molecule has 6 nitrogen and oxygen atoms in total. The molecule has 1 aromatic carbocycles. The number of pyridine rings is 1. The normalized spacial score (nSPS) is 11.4. The predicted molar refractivity (Wildman–Crippen MR) is 96.1 cm³/mol. The number of carbonyl (C=O) groups is 1. The lowest BCUT2D eigenvalue weighted by atomic mass is 9.99. The Balaban J connectivity index is 2.19. The molecule has 0 aliphatic heterocycles. The monoisotopic (exact) mass is 374 g/mol. The zero-order chi connectivity index (χ0) is 18.2. The lowest BCUT2D eigenvalue weighted by Gasteiger charge is -2.06. The molecule has 0 saturated carbocycles. The molecule has 25 heavy (non-hydrogen) atoms. The lowest BCUT2D eigenvalue weighted by molar-refractivity contribution is 0.0703. The summed E-state index contributed by atoms with van der Waals surface area (Å²) in [5.74, 6) is -1.03. The number of sulfonamides is 1. The zero-order valence-electron chi connectivity index (χ0n) is 13.1. The van der Waals surface area contributed by atoms with Gasteiger partial charge in [-0.2, -0.15) is 0 Å². The minimum Gasteiger partial charge on any atom is -0.477 e. The SMILES string of the molecule is Cc1c(-c2ccncc2)sc(C(=O)O)c1-c1ccc(S(N)(=O)=O)cc1. The molecule has 2 aromatic heterocycles. The van der Waals surface area contributed by atoms with Crippen LogP contribution in [-0.4, -0.2) is 24.5 Å². The molecule has 8 heteroatoms. The van der Waals surface area contributed by atoms with Crippen LogP contribution in [0.25, 0.3) is 21.6 Å². The van der Waals surface area contributed by atoms with Crippen LogP contribution in [0.3, 0.4) is 0 Å². The van der Waals surface area contributed by atoms with Crippen LogP contribution in [-0.2, 0) is 10.0 Å². The van der Waals surface area contributed by atoms with E-state index in [0.717, 1.165) is 16.0 Å². The largest absolute Gasteiger partial charge is 0.477 e. The van der Waals surface area contributed by atoms with E-state index in [1.165, 1.54) is 23.5 Å². The van der Waals surface area contributed by atoms with E-state index in [1.807, 2.05) is 19.1 Å². The van der Waals surface area contributed by atoms with E-state index < -0.39 is 16.0 Å². The first-order valence-electron chi connectivity index (χ1n) is 7.19. The molecule has 0 fully saturated rings. The Labute approximate surface area is 148 Å². The maximum Gasteiger partial charge on any atom is 0.346 e. The van der Waals surface area contributed by atoms with Crippen molar-refractivity contribution >= 4 is 27.3 Å². The van der Waals surface area contributed by atoms with E-state index in [4.69, 9.17) is 5.14 Å². The number of thiophene rings is 1. The van der Waals surface area contributed by atoms with Gasteiger partial charge in [-0.15, -0.1) is 11.3 Å². The maximum absolute atomic E-state index is 11.7. The third kappa shape index (κ3) is 3.32. The number of carboxylic acids is 1. The second kappa shape index (κ2) is 6.40. The minimum absolute atomic E-state index is 0.0182. The smallest absolute Gasteiger partial charge is 0.346 e. The molecular formula is C17H14N2O4S2. The molecule has 0 unspecified atom stereocenters. The fraction of sp³-hybridized carbons (Fsp3) is 0.0588. The van der Waals surface area contributed by atoms with Gasteiger partial charge in [-0.05, 0) is 47.9 Å². The van der Waals surface area contributed by atoms with Crippen LogP contribution in [0.5, 0.6) is 0 Å². The Morgan fingerprint density at radius 2 is 1.68 bits per heavy atom. The van der Waals surface area contributed by atoms with Crippen LogP contribution < -0.4 is 5.14 Å². The molecule has 3 aromatic rings. The molecular weight excluding hydrogens is 360 g/mol. The van der Waals surface area contributed by atoms with Gasteiger partial charge < -0.3 is 5.11 Å². The summed E-state index contributed by atoms with van der Waals surface area (Å²) >= 11 is 1.18. The molecule has 0 radical (unpaired) electrons. The van der Waals surface area contributed by atoms with E-state index in [2.05, 4.69) is 4.98 Å². The van der Waals surface area contributed by atoms with E-state index >= 15 is 0 Å². The highest BCUT2D eigenvalue weighted by Gasteiger charge is 2.22. The second-order valence-corrected chi connectivity index (χ2v) is 7.95. The Morgan fingerprint density at radius 1 is 1.08 bits per heavy atom. The highest BCUT2D eigenvalue weighted by atomic mass is 32.2. The van der Waals surface area contributed by atoms with Crippen LogP contribution in [0.4, 0.5) is 0 Å². The number of hydrogen-bond donors (Lipinski definition) is 2. The van der Waals surface area contributed by atoms with Gasteiger partial charge in [-0.1, -0.05) is 12.1 Å². The van der Waals surface area contributed by atoms with Crippen molar-refractivity contribution in [1.29, 1.82) is 0 Å². The predicted octanol–water partition coefficient (Wildman–Crippen LogP) is 3.13. The third-order valence-electron chi connectivity index (χ3n) is 3.76. The number of primary sulfonamides is 1. The summed E-state index contributed by atoms with van der Waals surface area (Å²) in [7, 11) is -3.80. The Bertz CT molecular complexity index is 1040. The van der Waals surface area contributed by atoms with Gasteiger partial charge in [0.2, 0.25) is 10.0 Å². The molecule has 0 bridgehead atoms. The van der Waals surface area contributed by atoms with E-state index in [1.54, 1.807) is 24.5 Å². The van der Waals surface area contributed by atoms with Gasteiger partial charge in [0.1, 0.15) is 4.88 Å². The molecule has 0 saturated heterocycles. The van der Waals surface area contributed by atoms with Gasteiger partial charge in [-0.3, -0.25) is 4.98 Å². The first-order chi connectivity index (χ1) is 11.8. The number of nitrogens with zero attached hydrogens (tertiary/aromatic N) is 1. The highest BCUT2D eigenvalue weighted by molar-refractivity contribution is 7.89. The first kappa shape index (κ1) is 17.3. The maximum atomic E-state index is 11.7. The van der Waals surface area contributed by atoms with Crippen molar-refractivity contribution in [3.63, 3.8) is 0 Å². The Morgan fingerprint density at radius 3 is 2.20 bits per heavy atom. The molecule has 3 N–H and O–H groups in total. The van der Waals surface area contributed by atoms with Crippen molar-refractivity contribution in [3.05, 3.63) is 59.2 Å². The van der Waals surface area contributed by atoms with Gasteiger partial charge >= 0.3 is 5.97 Å². The molecule has 0 amide bonds. The van der Waals surface area contributed by atoms with Crippen LogP contribution in [0.2, 0.25) is 0 Å². The molecule has 0 aliphatic rings. The number of aromatic nitrogens is 1. The summed E-state index contributed by atoms with van der Waals surface area (Å²) in [6.45, 7) is 1.85. The van der Waals surface area contributed by atoms with Crippen LogP contribution in [0.15, 0.2) is 53.7 Å². The molecule has 2 heterocycles. The fourth-order valence-electron chi connectivity index (χ4n) is 2.60. The summed E-state index contributed by atoms with van der Waals surface area (Å²) in [5, 5.41) is 14.7. The number of carboxylic acid groups (broad SMARTS) is 1. The van der Waals surface area contributed by atoms with Crippen LogP contribution in [0, 0.1) is 6.92 Å². The van der Waals surface area contributed by atoms with E-state index in [0.29, 0.717) is 11.1 Å². The molecule has 128 valence electrons. The number of nitrogens with two attached hydrogens (primary N) is 1. The van der Waals surface area contributed by atoms with Crippen molar-refractivity contribution in [2.75, 3.05) is 0 Å². The van der Waals surface area contributed by atoms with Crippen molar-refractivity contribution in [2.24, 2.45) is 5.14 Å². The zero-order valence-corrected chi connectivity index (χ0v) is 14.8. The number of benzene rings is 1. The quantitative estimate of drug-likeness (QED) is 0.729. The fourth-order valence-corrected chi connectivity index (χ4v) is 4.29. The minimum atomic E-state index is -3.80. The van der Waals surface area contributed by atoms with Crippen LogP contribution >= 0.6 is 11.3 Å². The average Bonchev–Trinajstić information content (AvgIpc) is 2.92. The number of rotatable bonds is 4. The molecule has 0 atom stereocenters. The van der Waals surface area contributed by atoms with E-state index in [-0.39, 0.29) is 9.77 Å². The third-order valence-corrected chi connectivity index (χ3v) is 6.01. The highest BCUT2D eigenvalue weighted by Crippen LogP contribution is 2.41. The Kier molecular flexibility index (Phi) is 4.42.